The van der Waals surface area contributed by atoms with E-state index in [1.807, 2.05) is 30.3 Å². The summed E-state index contributed by atoms with van der Waals surface area (Å²) in [6.45, 7) is 0.954. The van der Waals surface area contributed by atoms with Gasteiger partial charge in [-0.15, -0.1) is 0 Å². The van der Waals surface area contributed by atoms with Crippen LogP contribution in [0.5, 0.6) is 0 Å². The van der Waals surface area contributed by atoms with Crippen LogP contribution in [0, 0.1) is 0 Å². The lowest BCUT2D eigenvalue weighted by atomic mass is 10.1. The van der Waals surface area contributed by atoms with Crippen LogP contribution in [0.25, 0.3) is 0 Å². The highest BCUT2D eigenvalue weighted by atomic mass is 16.3. The van der Waals surface area contributed by atoms with Crippen LogP contribution in [0.3, 0.4) is 0 Å². The molecule has 1 aliphatic heterocycles. The lowest BCUT2D eigenvalue weighted by Crippen LogP contribution is -2.44. The van der Waals surface area contributed by atoms with Gasteiger partial charge in [-0.05, 0) is 5.56 Å². The molecule has 0 saturated carbocycles. The molecule has 0 aliphatic carbocycles. The third kappa shape index (κ3) is 3.69. The highest BCUT2D eigenvalue weighted by Gasteiger charge is 2.26. The van der Waals surface area contributed by atoms with Gasteiger partial charge in [0.25, 0.3) is 0 Å². The number of amides is 4. The normalized spacial score (nSPS) is 16.1. The second-order valence-corrected chi connectivity index (χ2v) is 4.41. The molecular formula is C13H17N3O3. The Bertz CT molecular complexity index is 450. The fourth-order valence-electron chi connectivity index (χ4n) is 1.92. The van der Waals surface area contributed by atoms with Gasteiger partial charge in [0.1, 0.15) is 0 Å². The predicted octanol–water partition coefficient (Wildman–Crippen LogP) is 0.325. The number of aliphatic hydroxyl groups is 1. The maximum atomic E-state index is 11.7. The molecule has 1 unspecified atom stereocenters. The topological polar surface area (TPSA) is 81.7 Å². The third-order valence-corrected chi connectivity index (χ3v) is 2.91. The second kappa shape index (κ2) is 6.19. The van der Waals surface area contributed by atoms with Crippen molar-refractivity contribution in [1.29, 1.82) is 0 Å². The molecule has 1 atom stereocenters. The summed E-state index contributed by atoms with van der Waals surface area (Å²) < 4.78 is 0. The highest BCUT2D eigenvalue weighted by Crippen LogP contribution is 2.03. The van der Waals surface area contributed by atoms with Gasteiger partial charge in [0, 0.05) is 26.1 Å². The van der Waals surface area contributed by atoms with Gasteiger partial charge in [0.15, 0.2) is 0 Å². The maximum absolute atomic E-state index is 11.7. The molecule has 6 nitrogen and oxygen atoms in total. The lowest BCUT2D eigenvalue weighted by molar-refractivity contribution is 0.163. The fraction of sp³-hybridized carbons (Fsp3) is 0.385. The first-order valence-electron chi connectivity index (χ1n) is 6.22. The first kappa shape index (κ1) is 13.4. The molecule has 102 valence electrons. The minimum Gasteiger partial charge on any atom is -0.391 e. The smallest absolute Gasteiger partial charge is 0.325 e. The van der Waals surface area contributed by atoms with E-state index in [1.54, 1.807) is 0 Å². The Hall–Kier alpha value is -2.08. The summed E-state index contributed by atoms with van der Waals surface area (Å²) in [6, 6.07) is 8.67. The van der Waals surface area contributed by atoms with Crippen LogP contribution >= 0.6 is 0 Å². The van der Waals surface area contributed by atoms with Crippen LogP contribution in [0.2, 0.25) is 0 Å². The van der Waals surface area contributed by atoms with Gasteiger partial charge < -0.3 is 15.7 Å². The van der Waals surface area contributed by atoms with Crippen LogP contribution in [-0.4, -0.2) is 47.8 Å². The lowest BCUT2D eigenvalue weighted by Gasteiger charge is -2.16. The Morgan fingerprint density at radius 1 is 1.42 bits per heavy atom. The van der Waals surface area contributed by atoms with Crippen molar-refractivity contribution in [2.75, 3.05) is 19.6 Å². The number of imide groups is 1. The molecule has 3 N–H and O–H groups in total. The number of aliphatic hydroxyl groups excluding tert-OH is 1. The Morgan fingerprint density at radius 2 is 2.16 bits per heavy atom. The van der Waals surface area contributed by atoms with E-state index in [0.717, 1.165) is 10.5 Å². The third-order valence-electron chi connectivity index (χ3n) is 2.91. The van der Waals surface area contributed by atoms with E-state index in [9.17, 15) is 14.7 Å². The van der Waals surface area contributed by atoms with Gasteiger partial charge in [-0.3, -0.25) is 0 Å². The Labute approximate surface area is 111 Å². The van der Waals surface area contributed by atoms with Crippen LogP contribution in [0.15, 0.2) is 30.3 Å². The number of hydrogen-bond donors (Lipinski definition) is 3. The largest absolute Gasteiger partial charge is 0.391 e. The standard InChI is InChI=1S/C13H17N3O3/c17-11(8-10-4-2-1-3-5-10)9-15-13(19)16-7-6-14-12(16)18/h1-5,11,17H,6-9H2,(H,14,18)(H,15,19). The molecule has 1 aromatic rings. The number of benzene rings is 1. The zero-order valence-corrected chi connectivity index (χ0v) is 10.5. The first-order chi connectivity index (χ1) is 9.16. The molecule has 1 aliphatic rings. The van der Waals surface area contributed by atoms with Crippen LogP contribution < -0.4 is 10.6 Å². The minimum atomic E-state index is -0.669. The van der Waals surface area contributed by atoms with Gasteiger partial charge >= 0.3 is 12.1 Å². The van der Waals surface area contributed by atoms with Gasteiger partial charge in [-0.2, -0.15) is 0 Å². The Morgan fingerprint density at radius 3 is 2.79 bits per heavy atom. The van der Waals surface area contributed by atoms with Crippen molar-refractivity contribution in [3.05, 3.63) is 35.9 Å². The molecule has 0 spiro atoms. The van der Waals surface area contributed by atoms with Crippen molar-refractivity contribution in [3.63, 3.8) is 0 Å². The molecule has 6 heteroatoms. The van der Waals surface area contributed by atoms with Crippen LogP contribution in [-0.2, 0) is 6.42 Å². The van der Waals surface area contributed by atoms with Crippen molar-refractivity contribution < 1.29 is 14.7 Å². The van der Waals surface area contributed by atoms with Crippen molar-refractivity contribution in [1.82, 2.24) is 15.5 Å². The molecule has 1 aromatic carbocycles. The second-order valence-electron chi connectivity index (χ2n) is 4.41. The highest BCUT2D eigenvalue weighted by molar-refractivity contribution is 5.94. The SMILES string of the molecule is O=C1NCCN1C(=O)NCC(O)Cc1ccccc1. The monoisotopic (exact) mass is 263 g/mol. The number of urea groups is 2. The first-order valence-corrected chi connectivity index (χ1v) is 6.22. The van der Waals surface area contributed by atoms with Crippen molar-refractivity contribution in [2.24, 2.45) is 0 Å². The van der Waals surface area contributed by atoms with Crippen molar-refractivity contribution in [3.8, 4) is 0 Å². The Kier molecular flexibility index (Phi) is 4.35. The van der Waals surface area contributed by atoms with E-state index in [2.05, 4.69) is 10.6 Å². The van der Waals surface area contributed by atoms with E-state index >= 15 is 0 Å². The average molecular weight is 263 g/mol. The number of hydrogen-bond acceptors (Lipinski definition) is 3. The van der Waals surface area contributed by atoms with E-state index in [0.29, 0.717) is 19.5 Å². The van der Waals surface area contributed by atoms with E-state index in [-0.39, 0.29) is 6.54 Å². The molecule has 1 heterocycles. The van der Waals surface area contributed by atoms with Crippen LogP contribution in [0.4, 0.5) is 9.59 Å². The number of nitrogens with one attached hydrogen (secondary N) is 2. The van der Waals surface area contributed by atoms with Gasteiger partial charge in [0.05, 0.1) is 6.10 Å². The molecule has 19 heavy (non-hydrogen) atoms. The summed E-state index contributed by atoms with van der Waals surface area (Å²) in [5.41, 5.74) is 1.00. The summed E-state index contributed by atoms with van der Waals surface area (Å²) >= 11 is 0. The zero-order valence-electron chi connectivity index (χ0n) is 10.5. The minimum absolute atomic E-state index is 0.123. The summed E-state index contributed by atoms with van der Waals surface area (Å²) in [4.78, 5) is 24.0. The number of carbonyl (C=O) groups excluding carboxylic acids is 2. The number of nitrogens with zero attached hydrogens (tertiary/aromatic N) is 1. The average Bonchev–Trinajstić information content (AvgIpc) is 2.83. The molecule has 0 bridgehead atoms. The van der Waals surface area contributed by atoms with E-state index in [4.69, 9.17) is 0 Å². The molecule has 1 saturated heterocycles. The Balaban J connectivity index is 1.76. The molecular weight excluding hydrogens is 246 g/mol. The van der Waals surface area contributed by atoms with Crippen molar-refractivity contribution in [2.45, 2.75) is 12.5 Å². The summed E-state index contributed by atoms with van der Waals surface area (Å²) in [5, 5.41) is 14.9. The van der Waals surface area contributed by atoms with E-state index in [1.165, 1.54) is 0 Å². The number of carbonyl (C=O) groups is 2. The number of rotatable bonds is 4. The predicted molar refractivity (Wildman–Crippen MR) is 69.7 cm³/mol. The van der Waals surface area contributed by atoms with E-state index < -0.39 is 18.2 Å². The molecule has 1 fully saturated rings. The maximum Gasteiger partial charge on any atom is 0.325 e. The summed E-state index contributed by atoms with van der Waals surface area (Å²) in [6.07, 6.45) is -0.204. The summed E-state index contributed by atoms with van der Waals surface area (Å²) in [7, 11) is 0. The molecule has 4 amide bonds. The van der Waals surface area contributed by atoms with Crippen LogP contribution in [0.1, 0.15) is 5.56 Å². The molecule has 0 radical (unpaired) electrons. The van der Waals surface area contributed by atoms with Gasteiger partial charge in [-0.1, -0.05) is 30.3 Å². The van der Waals surface area contributed by atoms with Gasteiger partial charge in [0.2, 0.25) is 0 Å². The molecule has 0 aromatic heterocycles. The van der Waals surface area contributed by atoms with Crippen molar-refractivity contribution >= 4 is 12.1 Å². The summed E-state index contributed by atoms with van der Waals surface area (Å²) in [5.74, 6) is 0. The molecule has 2 rings (SSSR count). The quantitative estimate of drug-likeness (QED) is 0.732. The van der Waals surface area contributed by atoms with Gasteiger partial charge in [-0.25, -0.2) is 14.5 Å². The fourth-order valence-corrected chi connectivity index (χ4v) is 1.92. The zero-order chi connectivity index (χ0) is 13.7.